The van der Waals surface area contributed by atoms with Gasteiger partial charge in [-0.25, -0.2) is 8.42 Å². The molecule has 3 rings (SSSR count). The molecule has 0 radical (unpaired) electrons. The Kier molecular flexibility index (Phi) is 6.22. The second-order valence-corrected chi connectivity index (χ2v) is 8.99. The van der Waals surface area contributed by atoms with Gasteiger partial charge in [-0.15, -0.1) is 0 Å². The summed E-state index contributed by atoms with van der Waals surface area (Å²) in [6, 6.07) is 15.0. The average molecular weight is 393 g/mol. The zero-order valence-electron chi connectivity index (χ0n) is 15.1. The van der Waals surface area contributed by atoms with Gasteiger partial charge in [-0.1, -0.05) is 37.1 Å². The minimum absolute atomic E-state index is 0.387. The molecule has 1 heterocycles. The Morgan fingerprint density at radius 3 is 2.12 bits per heavy atom. The van der Waals surface area contributed by atoms with Crippen LogP contribution in [0.15, 0.2) is 53.4 Å². The molecule has 1 aliphatic rings. The van der Waals surface area contributed by atoms with Crippen LogP contribution in [0.25, 0.3) is 0 Å². The first-order chi connectivity index (χ1) is 12.5. The van der Waals surface area contributed by atoms with E-state index in [2.05, 4.69) is 11.8 Å². The van der Waals surface area contributed by atoms with Gasteiger partial charge in [0.2, 0.25) is 10.0 Å². The van der Waals surface area contributed by atoms with Crippen molar-refractivity contribution in [2.75, 3.05) is 31.1 Å². The first-order valence-corrected chi connectivity index (χ1v) is 10.9. The fourth-order valence-corrected chi connectivity index (χ4v) is 4.74. The lowest BCUT2D eigenvalue weighted by molar-refractivity contribution is 0.385. The van der Waals surface area contributed by atoms with E-state index in [0.29, 0.717) is 36.1 Å². The summed E-state index contributed by atoms with van der Waals surface area (Å²) >= 11 is 5.93. The van der Waals surface area contributed by atoms with Crippen LogP contribution in [-0.4, -0.2) is 38.9 Å². The maximum atomic E-state index is 12.9. The van der Waals surface area contributed by atoms with Gasteiger partial charge in [0.25, 0.3) is 0 Å². The molecular weight excluding hydrogens is 368 g/mol. The normalized spacial score (nSPS) is 16.0. The Balaban J connectivity index is 1.65. The Labute approximate surface area is 161 Å². The predicted octanol–water partition coefficient (Wildman–Crippen LogP) is 4.19. The van der Waals surface area contributed by atoms with Crippen molar-refractivity contribution >= 4 is 27.3 Å². The molecule has 2 aromatic carbocycles. The van der Waals surface area contributed by atoms with Gasteiger partial charge in [-0.2, -0.15) is 4.31 Å². The van der Waals surface area contributed by atoms with E-state index in [1.807, 2.05) is 36.4 Å². The number of sulfonamides is 1. The number of benzene rings is 2. The van der Waals surface area contributed by atoms with Gasteiger partial charge in [0.05, 0.1) is 4.90 Å². The first kappa shape index (κ1) is 19.2. The predicted molar refractivity (Wildman–Crippen MR) is 107 cm³/mol. The van der Waals surface area contributed by atoms with E-state index in [-0.39, 0.29) is 0 Å². The molecule has 6 heteroatoms. The minimum atomic E-state index is -3.43. The lowest BCUT2D eigenvalue weighted by Crippen LogP contribution is -2.48. The molecule has 0 saturated carbocycles. The summed E-state index contributed by atoms with van der Waals surface area (Å²) in [5, 5.41) is 0.706. The molecular formula is C20H25ClN2O2S. The van der Waals surface area contributed by atoms with Crippen molar-refractivity contribution < 1.29 is 8.42 Å². The summed E-state index contributed by atoms with van der Waals surface area (Å²) < 4.78 is 27.4. The molecule has 1 aliphatic heterocycles. The van der Waals surface area contributed by atoms with E-state index in [1.165, 1.54) is 5.56 Å². The summed E-state index contributed by atoms with van der Waals surface area (Å²) in [7, 11) is -3.43. The molecule has 0 N–H and O–H groups in total. The summed E-state index contributed by atoms with van der Waals surface area (Å²) in [5.74, 6) is 0. The van der Waals surface area contributed by atoms with Gasteiger partial charge in [-0.3, -0.25) is 0 Å². The van der Waals surface area contributed by atoms with E-state index < -0.39 is 10.0 Å². The van der Waals surface area contributed by atoms with Gasteiger partial charge >= 0.3 is 0 Å². The number of hydrogen-bond acceptors (Lipinski definition) is 3. The van der Waals surface area contributed by atoms with Crippen molar-refractivity contribution in [3.05, 3.63) is 59.1 Å². The monoisotopic (exact) mass is 392 g/mol. The summed E-state index contributed by atoms with van der Waals surface area (Å²) in [5.41, 5.74) is 2.27. The number of nitrogens with zero attached hydrogens (tertiary/aromatic N) is 2. The molecule has 140 valence electrons. The second kappa shape index (κ2) is 8.42. The van der Waals surface area contributed by atoms with Crippen LogP contribution in [0.4, 0.5) is 5.69 Å². The largest absolute Gasteiger partial charge is 0.369 e. The van der Waals surface area contributed by atoms with Crippen molar-refractivity contribution in [3.63, 3.8) is 0 Å². The second-order valence-electron chi connectivity index (χ2n) is 6.62. The molecule has 0 atom stereocenters. The highest BCUT2D eigenvalue weighted by Crippen LogP contribution is 2.23. The number of rotatable bonds is 6. The summed E-state index contributed by atoms with van der Waals surface area (Å²) in [4.78, 5) is 2.58. The smallest absolute Gasteiger partial charge is 0.243 e. The summed E-state index contributed by atoms with van der Waals surface area (Å²) in [6.07, 6.45) is 3.26. The van der Waals surface area contributed by atoms with Crippen LogP contribution >= 0.6 is 11.6 Å². The van der Waals surface area contributed by atoms with Crippen LogP contribution in [0.5, 0.6) is 0 Å². The van der Waals surface area contributed by atoms with Crippen LogP contribution in [-0.2, 0) is 16.4 Å². The third-order valence-corrected chi connectivity index (χ3v) is 6.98. The Morgan fingerprint density at radius 2 is 1.54 bits per heavy atom. The maximum absolute atomic E-state index is 12.9. The first-order valence-electron chi connectivity index (χ1n) is 9.10. The van der Waals surface area contributed by atoms with Crippen LogP contribution in [0, 0.1) is 0 Å². The molecule has 0 amide bonds. The van der Waals surface area contributed by atoms with Crippen LogP contribution in [0.2, 0.25) is 5.02 Å². The third-order valence-electron chi connectivity index (χ3n) is 4.81. The van der Waals surface area contributed by atoms with E-state index in [1.54, 1.807) is 16.4 Å². The van der Waals surface area contributed by atoms with Gasteiger partial charge in [0.1, 0.15) is 0 Å². The molecule has 1 fully saturated rings. The van der Waals surface area contributed by atoms with E-state index in [9.17, 15) is 8.42 Å². The Hall–Kier alpha value is -1.56. The highest BCUT2D eigenvalue weighted by Gasteiger charge is 2.28. The lowest BCUT2D eigenvalue weighted by Gasteiger charge is -2.35. The molecule has 0 bridgehead atoms. The fraction of sp³-hybridized carbons (Fsp3) is 0.400. The number of anilines is 1. The van der Waals surface area contributed by atoms with Crippen LogP contribution in [0.3, 0.4) is 0 Å². The van der Waals surface area contributed by atoms with Crippen molar-refractivity contribution in [1.29, 1.82) is 0 Å². The third kappa shape index (κ3) is 4.40. The SMILES string of the molecule is CCCCc1ccc(S(=O)(=O)N2CCN(c3ccc(Cl)cc3)CC2)cc1. The molecule has 0 aliphatic carbocycles. The highest BCUT2D eigenvalue weighted by atomic mass is 35.5. The zero-order valence-corrected chi connectivity index (χ0v) is 16.6. The maximum Gasteiger partial charge on any atom is 0.243 e. The molecule has 26 heavy (non-hydrogen) atoms. The van der Waals surface area contributed by atoms with Crippen molar-refractivity contribution in [2.45, 2.75) is 31.1 Å². The Morgan fingerprint density at radius 1 is 0.923 bits per heavy atom. The van der Waals surface area contributed by atoms with Gasteiger partial charge in [0.15, 0.2) is 0 Å². The zero-order chi connectivity index (χ0) is 18.6. The molecule has 0 spiro atoms. The van der Waals surface area contributed by atoms with E-state index >= 15 is 0 Å². The fourth-order valence-electron chi connectivity index (χ4n) is 3.20. The van der Waals surface area contributed by atoms with Gasteiger partial charge in [0, 0.05) is 36.9 Å². The van der Waals surface area contributed by atoms with Gasteiger partial charge < -0.3 is 4.90 Å². The lowest BCUT2D eigenvalue weighted by atomic mass is 10.1. The van der Waals surface area contributed by atoms with Crippen molar-refractivity contribution in [3.8, 4) is 0 Å². The standard InChI is InChI=1S/C20H25ClN2O2S/c1-2-3-4-17-5-11-20(12-6-17)26(24,25)23-15-13-22(14-16-23)19-9-7-18(21)8-10-19/h5-12H,2-4,13-16H2,1H3. The van der Waals surface area contributed by atoms with Gasteiger partial charge in [-0.05, 0) is 54.8 Å². The number of piperazine rings is 1. The molecule has 1 saturated heterocycles. The molecule has 0 unspecified atom stereocenters. The molecule has 0 aromatic heterocycles. The number of hydrogen-bond donors (Lipinski definition) is 0. The van der Waals surface area contributed by atoms with Crippen LogP contribution in [0.1, 0.15) is 25.3 Å². The Bertz CT molecular complexity index is 812. The topological polar surface area (TPSA) is 40.6 Å². The molecule has 2 aromatic rings. The van der Waals surface area contributed by atoms with E-state index in [4.69, 9.17) is 11.6 Å². The number of aryl methyl sites for hydroxylation is 1. The average Bonchev–Trinajstić information content (AvgIpc) is 2.67. The quantitative estimate of drug-likeness (QED) is 0.739. The van der Waals surface area contributed by atoms with Crippen molar-refractivity contribution in [1.82, 2.24) is 4.31 Å². The minimum Gasteiger partial charge on any atom is -0.369 e. The van der Waals surface area contributed by atoms with E-state index in [0.717, 1.165) is 24.9 Å². The molecule has 4 nitrogen and oxygen atoms in total. The van der Waals surface area contributed by atoms with Crippen LogP contribution < -0.4 is 4.90 Å². The number of halogens is 1. The van der Waals surface area contributed by atoms with Crippen molar-refractivity contribution in [2.24, 2.45) is 0 Å². The highest BCUT2D eigenvalue weighted by molar-refractivity contribution is 7.89. The summed E-state index contributed by atoms with van der Waals surface area (Å²) in [6.45, 7) is 4.48. The number of unbranched alkanes of at least 4 members (excludes halogenated alkanes) is 1.